The summed E-state index contributed by atoms with van der Waals surface area (Å²) in [6.07, 6.45) is 2.49. The van der Waals surface area contributed by atoms with Gasteiger partial charge in [-0.05, 0) is 6.08 Å². The lowest BCUT2D eigenvalue weighted by molar-refractivity contribution is -0.137. The molecule has 0 aliphatic rings. The number of carboxylic acids is 1. The van der Waals surface area contributed by atoms with Crippen molar-refractivity contribution in [2.75, 3.05) is 13.2 Å². The number of rotatable bonds is 5. The standard InChI is InChI=1S/C6H12N2O3/c7-2-4-11-3-1-5(8)6(9)10/h1,3,5H,2,4,7-8H2,(H,9,10)/b3-1+. The molecule has 0 fully saturated rings. The Morgan fingerprint density at radius 2 is 2.36 bits per heavy atom. The second-order valence-corrected chi connectivity index (χ2v) is 1.85. The zero-order chi connectivity index (χ0) is 8.69. The number of nitrogens with two attached hydrogens (primary N) is 2. The highest BCUT2D eigenvalue weighted by atomic mass is 16.5. The number of hydrogen-bond donors (Lipinski definition) is 3. The summed E-state index contributed by atoms with van der Waals surface area (Å²) in [7, 11) is 0. The van der Waals surface area contributed by atoms with Crippen LogP contribution in [-0.4, -0.2) is 30.3 Å². The molecular formula is C6H12N2O3. The molecule has 5 nitrogen and oxygen atoms in total. The summed E-state index contributed by atoms with van der Waals surface area (Å²) in [5.74, 6) is -1.09. The quantitative estimate of drug-likeness (QED) is 0.350. The average molecular weight is 160 g/mol. The molecule has 0 aliphatic carbocycles. The van der Waals surface area contributed by atoms with Crippen molar-refractivity contribution in [3.63, 3.8) is 0 Å². The zero-order valence-electron chi connectivity index (χ0n) is 6.06. The highest BCUT2D eigenvalue weighted by Crippen LogP contribution is 1.83. The van der Waals surface area contributed by atoms with Gasteiger partial charge in [-0.3, -0.25) is 4.79 Å². The first kappa shape index (κ1) is 9.93. The summed E-state index contributed by atoms with van der Waals surface area (Å²) in [6, 6.07) is -1.01. The third kappa shape index (κ3) is 5.38. The molecule has 0 aliphatic heterocycles. The number of aliphatic carboxylic acids is 1. The molecule has 0 spiro atoms. The van der Waals surface area contributed by atoms with Crippen LogP contribution < -0.4 is 11.5 Å². The van der Waals surface area contributed by atoms with E-state index in [0.29, 0.717) is 13.2 Å². The van der Waals surface area contributed by atoms with Crippen LogP contribution in [0.3, 0.4) is 0 Å². The largest absolute Gasteiger partial charge is 0.500 e. The van der Waals surface area contributed by atoms with E-state index >= 15 is 0 Å². The van der Waals surface area contributed by atoms with Gasteiger partial charge in [-0.2, -0.15) is 0 Å². The van der Waals surface area contributed by atoms with Crippen molar-refractivity contribution >= 4 is 5.97 Å². The number of ether oxygens (including phenoxy) is 1. The van der Waals surface area contributed by atoms with Gasteiger partial charge in [0.2, 0.25) is 0 Å². The molecule has 0 heterocycles. The third-order valence-corrected chi connectivity index (χ3v) is 0.903. The maximum atomic E-state index is 10.1. The molecule has 5 heteroatoms. The van der Waals surface area contributed by atoms with Crippen LogP contribution >= 0.6 is 0 Å². The number of carbonyl (C=O) groups is 1. The normalized spacial score (nSPS) is 13.3. The monoisotopic (exact) mass is 160 g/mol. The Bertz CT molecular complexity index is 147. The van der Waals surface area contributed by atoms with Crippen LogP contribution in [-0.2, 0) is 9.53 Å². The Hall–Kier alpha value is -1.07. The summed E-state index contributed by atoms with van der Waals surface area (Å²) < 4.78 is 4.75. The summed E-state index contributed by atoms with van der Waals surface area (Å²) in [5, 5.41) is 8.28. The van der Waals surface area contributed by atoms with Crippen LogP contribution in [0.5, 0.6) is 0 Å². The molecule has 1 atom stereocenters. The van der Waals surface area contributed by atoms with E-state index in [4.69, 9.17) is 21.3 Å². The van der Waals surface area contributed by atoms with Crippen LogP contribution in [0.2, 0.25) is 0 Å². The summed E-state index contributed by atoms with van der Waals surface area (Å²) in [5.41, 5.74) is 10.2. The van der Waals surface area contributed by atoms with E-state index < -0.39 is 12.0 Å². The molecule has 1 unspecified atom stereocenters. The Morgan fingerprint density at radius 3 is 2.82 bits per heavy atom. The van der Waals surface area contributed by atoms with Gasteiger partial charge < -0.3 is 21.3 Å². The van der Waals surface area contributed by atoms with Crippen molar-refractivity contribution in [3.05, 3.63) is 12.3 Å². The van der Waals surface area contributed by atoms with Gasteiger partial charge in [-0.15, -0.1) is 0 Å². The molecule has 0 aromatic heterocycles. The summed E-state index contributed by atoms with van der Waals surface area (Å²) >= 11 is 0. The number of hydrogen-bond acceptors (Lipinski definition) is 4. The lowest BCUT2D eigenvalue weighted by Crippen LogP contribution is -2.27. The fourth-order valence-corrected chi connectivity index (χ4v) is 0.359. The van der Waals surface area contributed by atoms with Crippen molar-refractivity contribution in [3.8, 4) is 0 Å². The minimum absolute atomic E-state index is 0.364. The SMILES string of the molecule is NCCO/C=C/C(N)C(=O)O. The van der Waals surface area contributed by atoms with Gasteiger partial charge >= 0.3 is 5.97 Å². The predicted octanol–water partition coefficient (Wildman–Crippen LogP) is -1.11. The lowest BCUT2D eigenvalue weighted by atomic mass is 10.3. The van der Waals surface area contributed by atoms with Crippen molar-refractivity contribution in [1.82, 2.24) is 0 Å². The second-order valence-electron chi connectivity index (χ2n) is 1.85. The Labute approximate surface area is 64.6 Å². The molecule has 0 saturated carbocycles. The van der Waals surface area contributed by atoms with E-state index in [1.165, 1.54) is 12.3 Å². The first-order valence-corrected chi connectivity index (χ1v) is 3.15. The number of carboxylic acid groups (broad SMARTS) is 1. The molecule has 64 valence electrons. The first-order chi connectivity index (χ1) is 5.18. The van der Waals surface area contributed by atoms with E-state index in [1.807, 2.05) is 0 Å². The fraction of sp³-hybridized carbons (Fsp3) is 0.500. The summed E-state index contributed by atoms with van der Waals surface area (Å²) in [6.45, 7) is 0.759. The molecule has 0 aromatic carbocycles. The smallest absolute Gasteiger partial charge is 0.324 e. The molecule has 5 N–H and O–H groups in total. The molecule has 0 amide bonds. The molecular weight excluding hydrogens is 148 g/mol. The first-order valence-electron chi connectivity index (χ1n) is 3.15. The average Bonchev–Trinajstić information content (AvgIpc) is 1.97. The van der Waals surface area contributed by atoms with E-state index in [-0.39, 0.29) is 0 Å². The maximum absolute atomic E-state index is 10.1. The molecule has 0 bridgehead atoms. The third-order valence-electron chi connectivity index (χ3n) is 0.903. The fourth-order valence-electron chi connectivity index (χ4n) is 0.359. The van der Waals surface area contributed by atoms with Gasteiger partial charge in [0.25, 0.3) is 0 Å². The van der Waals surface area contributed by atoms with Crippen molar-refractivity contribution < 1.29 is 14.6 Å². The Balaban J connectivity index is 3.48. The predicted molar refractivity (Wildman–Crippen MR) is 39.8 cm³/mol. The Kier molecular flexibility index (Phi) is 5.14. The summed E-state index contributed by atoms with van der Waals surface area (Å²) in [4.78, 5) is 10.1. The molecule has 0 aromatic rings. The van der Waals surface area contributed by atoms with Gasteiger partial charge in [0.1, 0.15) is 6.04 Å². The molecule has 0 saturated heterocycles. The van der Waals surface area contributed by atoms with Gasteiger partial charge in [0.15, 0.2) is 0 Å². The van der Waals surface area contributed by atoms with Crippen molar-refractivity contribution in [2.45, 2.75) is 6.04 Å². The van der Waals surface area contributed by atoms with Gasteiger partial charge in [-0.1, -0.05) is 0 Å². The second kappa shape index (κ2) is 5.70. The van der Waals surface area contributed by atoms with Crippen LogP contribution in [0.4, 0.5) is 0 Å². The molecule has 0 rings (SSSR count). The minimum Gasteiger partial charge on any atom is -0.500 e. The van der Waals surface area contributed by atoms with Crippen LogP contribution in [0.25, 0.3) is 0 Å². The van der Waals surface area contributed by atoms with E-state index in [0.717, 1.165) is 0 Å². The van der Waals surface area contributed by atoms with Crippen LogP contribution in [0.1, 0.15) is 0 Å². The molecule has 0 radical (unpaired) electrons. The topological polar surface area (TPSA) is 98.6 Å². The van der Waals surface area contributed by atoms with Crippen molar-refractivity contribution in [1.29, 1.82) is 0 Å². The Morgan fingerprint density at radius 1 is 1.73 bits per heavy atom. The minimum atomic E-state index is -1.09. The van der Waals surface area contributed by atoms with E-state index in [9.17, 15) is 4.79 Å². The van der Waals surface area contributed by atoms with E-state index in [1.54, 1.807) is 0 Å². The van der Waals surface area contributed by atoms with Crippen LogP contribution in [0, 0.1) is 0 Å². The lowest BCUT2D eigenvalue weighted by Gasteiger charge is -1.98. The van der Waals surface area contributed by atoms with Gasteiger partial charge in [-0.25, -0.2) is 0 Å². The van der Waals surface area contributed by atoms with E-state index in [2.05, 4.69) is 0 Å². The van der Waals surface area contributed by atoms with Crippen molar-refractivity contribution in [2.24, 2.45) is 11.5 Å². The highest BCUT2D eigenvalue weighted by Gasteiger charge is 2.05. The maximum Gasteiger partial charge on any atom is 0.324 e. The van der Waals surface area contributed by atoms with Crippen LogP contribution in [0.15, 0.2) is 12.3 Å². The highest BCUT2D eigenvalue weighted by molar-refractivity contribution is 5.75. The molecule has 11 heavy (non-hydrogen) atoms. The van der Waals surface area contributed by atoms with Gasteiger partial charge in [0.05, 0.1) is 12.9 Å². The zero-order valence-corrected chi connectivity index (χ0v) is 6.06. The van der Waals surface area contributed by atoms with Gasteiger partial charge in [0, 0.05) is 6.54 Å².